The highest BCUT2D eigenvalue weighted by atomic mass is 32.2. The van der Waals surface area contributed by atoms with Crippen LogP contribution in [0.4, 0.5) is 11.4 Å². The largest absolute Gasteiger partial charge is 0.495 e. The molecule has 1 N–H and O–H groups in total. The molecule has 9 nitrogen and oxygen atoms in total. The molecule has 10 heteroatoms. The number of methoxy groups -OCH3 is 1. The maximum absolute atomic E-state index is 12.8. The summed E-state index contributed by atoms with van der Waals surface area (Å²) >= 11 is 0. The lowest BCUT2D eigenvalue weighted by Gasteiger charge is -2.19. The quantitative estimate of drug-likeness (QED) is 0.394. The number of benzene rings is 3. The van der Waals surface area contributed by atoms with E-state index in [0.717, 1.165) is 17.2 Å². The number of anilines is 1. The number of carbonyl (C=O) groups is 1. The van der Waals surface area contributed by atoms with Gasteiger partial charge in [-0.05, 0) is 48.4 Å². The van der Waals surface area contributed by atoms with Crippen molar-refractivity contribution in [2.75, 3.05) is 18.9 Å². The number of nitrogens with one attached hydrogen (secondary N) is 1. The Balaban J connectivity index is 1.79. The van der Waals surface area contributed by atoms with Crippen LogP contribution >= 0.6 is 0 Å². The topological polar surface area (TPSA) is 119 Å². The molecule has 0 saturated heterocycles. The summed E-state index contributed by atoms with van der Waals surface area (Å²) in [5, 5.41) is 11.0. The van der Waals surface area contributed by atoms with Crippen LogP contribution in [0.2, 0.25) is 0 Å². The van der Waals surface area contributed by atoms with E-state index in [4.69, 9.17) is 4.74 Å². The van der Waals surface area contributed by atoms with Crippen LogP contribution in [0.1, 0.15) is 21.5 Å². The molecule has 3 rings (SSSR count). The van der Waals surface area contributed by atoms with Gasteiger partial charge in [0.15, 0.2) is 0 Å². The van der Waals surface area contributed by atoms with Gasteiger partial charge in [-0.1, -0.05) is 24.3 Å². The van der Waals surface area contributed by atoms with Gasteiger partial charge in [-0.3, -0.25) is 19.6 Å². The molecule has 3 aromatic carbocycles. The number of aryl methyl sites for hydroxylation is 1. The molecule has 0 aliphatic rings. The number of amides is 1. The third kappa shape index (κ3) is 5.47. The van der Waals surface area contributed by atoms with Gasteiger partial charge < -0.3 is 9.64 Å². The van der Waals surface area contributed by atoms with Gasteiger partial charge in [-0.25, -0.2) is 8.42 Å². The molecule has 1 amide bonds. The number of rotatable bonds is 8. The summed E-state index contributed by atoms with van der Waals surface area (Å²) in [5.74, 6) is -0.121. The SMILES string of the molecule is COc1ccc([N+](=O)[O-])cc1NS(=O)(=O)c1ccc(C(=O)N(C)Cc2ccccc2C)cc1. The van der Waals surface area contributed by atoms with Gasteiger partial charge in [0, 0.05) is 31.3 Å². The number of carbonyl (C=O) groups excluding carboxylic acids is 1. The van der Waals surface area contributed by atoms with Gasteiger partial charge in [0.1, 0.15) is 5.75 Å². The molecule has 0 fully saturated rings. The minimum atomic E-state index is -4.08. The number of hydrogen-bond acceptors (Lipinski definition) is 6. The summed E-state index contributed by atoms with van der Waals surface area (Å²) in [6.07, 6.45) is 0. The molecule has 0 radical (unpaired) electrons. The molecule has 0 atom stereocenters. The zero-order valence-electron chi connectivity index (χ0n) is 18.3. The summed E-state index contributed by atoms with van der Waals surface area (Å²) in [7, 11) is -1.08. The third-order valence-electron chi connectivity index (χ3n) is 5.07. The van der Waals surface area contributed by atoms with Crippen molar-refractivity contribution in [2.45, 2.75) is 18.4 Å². The molecule has 0 heterocycles. The average Bonchev–Trinajstić information content (AvgIpc) is 2.79. The Labute approximate surface area is 191 Å². The van der Waals surface area contributed by atoms with Crippen molar-refractivity contribution >= 4 is 27.3 Å². The Morgan fingerprint density at radius 3 is 2.36 bits per heavy atom. The van der Waals surface area contributed by atoms with E-state index < -0.39 is 14.9 Å². The van der Waals surface area contributed by atoms with E-state index in [1.807, 2.05) is 31.2 Å². The second-order valence-corrected chi connectivity index (χ2v) is 9.04. The molecule has 0 saturated carbocycles. The molecule has 33 heavy (non-hydrogen) atoms. The van der Waals surface area contributed by atoms with E-state index in [-0.39, 0.29) is 27.9 Å². The first-order valence-corrected chi connectivity index (χ1v) is 11.4. The van der Waals surface area contributed by atoms with E-state index in [9.17, 15) is 23.3 Å². The zero-order chi connectivity index (χ0) is 24.2. The smallest absolute Gasteiger partial charge is 0.271 e. The van der Waals surface area contributed by atoms with Crippen LogP contribution in [0, 0.1) is 17.0 Å². The predicted octanol–water partition coefficient (Wildman–Crippen LogP) is 3.98. The van der Waals surface area contributed by atoms with Crippen LogP contribution in [0.25, 0.3) is 0 Å². The third-order valence-corrected chi connectivity index (χ3v) is 6.45. The molecular formula is C23H23N3O6S. The fourth-order valence-corrected chi connectivity index (χ4v) is 4.27. The van der Waals surface area contributed by atoms with Crippen LogP contribution in [0.3, 0.4) is 0 Å². The number of hydrogen-bond donors (Lipinski definition) is 1. The summed E-state index contributed by atoms with van der Waals surface area (Å²) in [4.78, 5) is 24.6. The second kappa shape index (κ2) is 9.70. The molecule has 0 unspecified atom stereocenters. The highest BCUT2D eigenvalue weighted by Crippen LogP contribution is 2.31. The minimum Gasteiger partial charge on any atom is -0.495 e. The Morgan fingerprint density at radius 2 is 1.76 bits per heavy atom. The van der Waals surface area contributed by atoms with Crippen LogP contribution in [0.15, 0.2) is 71.6 Å². The molecule has 3 aromatic rings. The lowest BCUT2D eigenvalue weighted by atomic mass is 10.1. The molecule has 0 bridgehead atoms. The standard InChI is InChI=1S/C23H23N3O6S/c1-16-6-4-5-7-18(16)15-25(2)23(27)17-8-11-20(12-9-17)33(30,31)24-21-14-19(26(28)29)10-13-22(21)32-3/h4-14,24H,15H2,1-3H3. The number of nitrogens with zero attached hydrogens (tertiary/aromatic N) is 2. The average molecular weight is 470 g/mol. The Morgan fingerprint density at radius 1 is 1.09 bits per heavy atom. The van der Waals surface area contributed by atoms with E-state index in [1.165, 1.54) is 43.5 Å². The van der Waals surface area contributed by atoms with Crippen molar-refractivity contribution in [3.05, 3.63) is 93.5 Å². The summed E-state index contributed by atoms with van der Waals surface area (Å²) < 4.78 is 33.0. The minimum absolute atomic E-state index is 0.0650. The van der Waals surface area contributed by atoms with Crippen LogP contribution in [-0.4, -0.2) is 38.3 Å². The first-order valence-electron chi connectivity index (χ1n) is 9.87. The van der Waals surface area contributed by atoms with Crippen molar-refractivity contribution in [2.24, 2.45) is 0 Å². The fraction of sp³-hybridized carbons (Fsp3) is 0.174. The van der Waals surface area contributed by atoms with Gasteiger partial charge >= 0.3 is 0 Å². The van der Waals surface area contributed by atoms with Crippen LogP contribution in [0.5, 0.6) is 5.75 Å². The first-order chi connectivity index (χ1) is 15.6. The molecule has 0 aliphatic carbocycles. The van der Waals surface area contributed by atoms with E-state index >= 15 is 0 Å². The molecule has 172 valence electrons. The van der Waals surface area contributed by atoms with E-state index in [1.54, 1.807) is 11.9 Å². The van der Waals surface area contributed by atoms with Crippen molar-refractivity contribution in [1.82, 2.24) is 4.90 Å². The van der Waals surface area contributed by atoms with E-state index in [0.29, 0.717) is 12.1 Å². The molecule has 0 aliphatic heterocycles. The number of sulfonamides is 1. The summed E-state index contributed by atoms with van der Waals surface area (Å²) in [6.45, 7) is 2.39. The number of nitro benzene ring substituents is 1. The molecular weight excluding hydrogens is 446 g/mol. The van der Waals surface area contributed by atoms with Crippen LogP contribution < -0.4 is 9.46 Å². The van der Waals surface area contributed by atoms with Gasteiger partial charge in [-0.2, -0.15) is 0 Å². The maximum Gasteiger partial charge on any atom is 0.271 e. The van der Waals surface area contributed by atoms with E-state index in [2.05, 4.69) is 4.72 Å². The molecule has 0 spiro atoms. The normalized spacial score (nSPS) is 11.0. The lowest BCUT2D eigenvalue weighted by molar-refractivity contribution is -0.384. The number of ether oxygens (including phenoxy) is 1. The fourth-order valence-electron chi connectivity index (χ4n) is 3.20. The maximum atomic E-state index is 12.8. The van der Waals surface area contributed by atoms with Crippen molar-refractivity contribution in [3.63, 3.8) is 0 Å². The lowest BCUT2D eigenvalue weighted by Crippen LogP contribution is -2.26. The van der Waals surface area contributed by atoms with Crippen LogP contribution in [-0.2, 0) is 16.6 Å². The van der Waals surface area contributed by atoms with Gasteiger partial charge in [0.05, 0.1) is 22.6 Å². The predicted molar refractivity (Wildman–Crippen MR) is 124 cm³/mol. The highest BCUT2D eigenvalue weighted by molar-refractivity contribution is 7.92. The Kier molecular flexibility index (Phi) is 6.98. The van der Waals surface area contributed by atoms with Crippen molar-refractivity contribution in [3.8, 4) is 5.75 Å². The molecule has 0 aromatic heterocycles. The monoisotopic (exact) mass is 469 g/mol. The number of non-ortho nitro benzene ring substituents is 1. The van der Waals surface area contributed by atoms with Crippen molar-refractivity contribution < 1.29 is 22.9 Å². The van der Waals surface area contributed by atoms with Crippen molar-refractivity contribution in [1.29, 1.82) is 0 Å². The second-order valence-electron chi connectivity index (χ2n) is 7.36. The summed E-state index contributed by atoms with van der Waals surface area (Å²) in [5.41, 5.74) is 2.07. The van der Waals surface area contributed by atoms with Gasteiger partial charge in [0.2, 0.25) is 0 Å². The van der Waals surface area contributed by atoms with Gasteiger partial charge in [-0.15, -0.1) is 0 Å². The zero-order valence-corrected chi connectivity index (χ0v) is 19.1. The highest BCUT2D eigenvalue weighted by Gasteiger charge is 2.20. The summed E-state index contributed by atoms with van der Waals surface area (Å²) in [6, 6.07) is 16.8. The first kappa shape index (κ1) is 23.7. The Bertz CT molecular complexity index is 1290. The van der Waals surface area contributed by atoms with Gasteiger partial charge in [0.25, 0.3) is 21.6 Å². The Hall–Kier alpha value is -3.92. The number of nitro groups is 1.